The molecule has 0 fully saturated rings. The molecule has 1 N–H and O–H groups in total. The second-order valence-corrected chi connectivity index (χ2v) is 4.79. The van der Waals surface area contributed by atoms with E-state index in [1.165, 1.54) is 6.07 Å². The van der Waals surface area contributed by atoms with Crippen LogP contribution in [0.15, 0.2) is 47.5 Å². The average Bonchev–Trinajstić information content (AvgIpc) is 2.97. The van der Waals surface area contributed by atoms with Crippen molar-refractivity contribution in [1.82, 2.24) is 5.32 Å². The highest BCUT2D eigenvalue weighted by Crippen LogP contribution is 2.26. The number of halogens is 2. The molecule has 0 unspecified atom stereocenters. The Labute approximate surface area is 121 Å². The number of amidine groups is 1. The van der Waals surface area contributed by atoms with Gasteiger partial charge >= 0.3 is 0 Å². The standard InChI is InChI=1S/C15H12ClFN2O/c16-11-2-4-12(5-3-11)20-14-6-1-10(9-13(14)17)15-18-7-8-19-15/h1-6,9H,7-8H2,(H,18,19). The third-order valence-electron chi connectivity index (χ3n) is 2.92. The fourth-order valence-corrected chi connectivity index (χ4v) is 2.08. The molecule has 3 rings (SSSR count). The molecule has 0 spiro atoms. The summed E-state index contributed by atoms with van der Waals surface area (Å²) in [7, 11) is 0. The molecule has 0 amide bonds. The van der Waals surface area contributed by atoms with Crippen molar-refractivity contribution in [3.05, 3.63) is 58.9 Å². The highest BCUT2D eigenvalue weighted by atomic mass is 35.5. The van der Waals surface area contributed by atoms with Crippen LogP contribution in [0.4, 0.5) is 4.39 Å². The van der Waals surface area contributed by atoms with Crippen LogP contribution in [0.25, 0.3) is 0 Å². The largest absolute Gasteiger partial charge is 0.454 e. The lowest BCUT2D eigenvalue weighted by atomic mass is 10.2. The quantitative estimate of drug-likeness (QED) is 0.937. The van der Waals surface area contributed by atoms with Crippen LogP contribution in [0.3, 0.4) is 0 Å². The SMILES string of the molecule is Fc1cc(C2=NCCN2)ccc1Oc1ccc(Cl)cc1. The van der Waals surface area contributed by atoms with Gasteiger partial charge < -0.3 is 10.1 Å². The van der Waals surface area contributed by atoms with Crippen molar-refractivity contribution in [3.8, 4) is 11.5 Å². The first-order chi connectivity index (χ1) is 9.72. The van der Waals surface area contributed by atoms with Crippen LogP contribution in [0.1, 0.15) is 5.56 Å². The van der Waals surface area contributed by atoms with Gasteiger partial charge in [0.15, 0.2) is 11.6 Å². The minimum Gasteiger partial charge on any atom is -0.454 e. The number of hydrogen-bond acceptors (Lipinski definition) is 3. The number of benzene rings is 2. The predicted octanol–water partition coefficient (Wildman–Crippen LogP) is 3.62. The number of nitrogens with one attached hydrogen (secondary N) is 1. The van der Waals surface area contributed by atoms with Crippen molar-refractivity contribution in [2.24, 2.45) is 4.99 Å². The number of rotatable bonds is 3. The zero-order chi connectivity index (χ0) is 13.9. The third kappa shape index (κ3) is 2.75. The molecule has 102 valence electrons. The van der Waals surface area contributed by atoms with Crippen molar-refractivity contribution in [1.29, 1.82) is 0 Å². The maximum Gasteiger partial charge on any atom is 0.166 e. The molecule has 0 saturated carbocycles. The highest BCUT2D eigenvalue weighted by molar-refractivity contribution is 6.30. The van der Waals surface area contributed by atoms with E-state index in [-0.39, 0.29) is 5.75 Å². The van der Waals surface area contributed by atoms with Crippen molar-refractivity contribution in [2.75, 3.05) is 13.1 Å². The van der Waals surface area contributed by atoms with Crippen molar-refractivity contribution in [3.63, 3.8) is 0 Å². The van der Waals surface area contributed by atoms with Crippen LogP contribution in [0.2, 0.25) is 5.02 Å². The van der Waals surface area contributed by atoms with E-state index in [0.717, 1.165) is 24.5 Å². The zero-order valence-electron chi connectivity index (χ0n) is 10.6. The monoisotopic (exact) mass is 290 g/mol. The molecule has 0 aliphatic carbocycles. The summed E-state index contributed by atoms with van der Waals surface area (Å²) in [6.07, 6.45) is 0. The Bertz CT molecular complexity index is 655. The van der Waals surface area contributed by atoms with Crippen molar-refractivity contribution >= 4 is 17.4 Å². The predicted molar refractivity (Wildman–Crippen MR) is 77.3 cm³/mol. The van der Waals surface area contributed by atoms with Gasteiger partial charge in [-0.3, -0.25) is 4.99 Å². The lowest BCUT2D eigenvalue weighted by molar-refractivity contribution is 0.442. The molecule has 20 heavy (non-hydrogen) atoms. The van der Waals surface area contributed by atoms with E-state index in [2.05, 4.69) is 10.3 Å². The number of hydrogen-bond donors (Lipinski definition) is 1. The molecule has 5 heteroatoms. The number of nitrogens with zero attached hydrogens (tertiary/aromatic N) is 1. The van der Waals surface area contributed by atoms with Crippen LogP contribution in [-0.4, -0.2) is 18.9 Å². The van der Waals surface area contributed by atoms with E-state index in [4.69, 9.17) is 16.3 Å². The molecule has 2 aromatic rings. The lowest BCUT2D eigenvalue weighted by Crippen LogP contribution is -2.19. The second-order valence-electron chi connectivity index (χ2n) is 4.36. The van der Waals surface area contributed by atoms with Gasteiger partial charge in [0, 0.05) is 17.1 Å². The van der Waals surface area contributed by atoms with E-state index in [0.29, 0.717) is 10.8 Å². The van der Waals surface area contributed by atoms with Gasteiger partial charge in [0.2, 0.25) is 0 Å². The minimum atomic E-state index is -0.422. The summed E-state index contributed by atoms with van der Waals surface area (Å²) in [5.74, 6) is 1.02. The van der Waals surface area contributed by atoms with Gasteiger partial charge in [-0.15, -0.1) is 0 Å². The summed E-state index contributed by atoms with van der Waals surface area (Å²) in [6.45, 7) is 1.51. The normalized spacial score (nSPS) is 13.8. The molecule has 0 radical (unpaired) electrons. The molecule has 3 nitrogen and oxygen atoms in total. The van der Waals surface area contributed by atoms with Gasteiger partial charge in [-0.25, -0.2) is 4.39 Å². The molecule has 1 heterocycles. The van der Waals surface area contributed by atoms with E-state index in [1.54, 1.807) is 36.4 Å². The Hall–Kier alpha value is -2.07. The Morgan fingerprint density at radius 2 is 1.95 bits per heavy atom. The maximum atomic E-state index is 14.0. The van der Waals surface area contributed by atoms with Crippen LogP contribution < -0.4 is 10.1 Å². The summed E-state index contributed by atoms with van der Waals surface area (Å²) in [6, 6.07) is 11.6. The molecule has 1 aliphatic rings. The van der Waals surface area contributed by atoms with Gasteiger partial charge in [0.05, 0.1) is 6.54 Å². The topological polar surface area (TPSA) is 33.6 Å². The molecule has 0 bridgehead atoms. The van der Waals surface area contributed by atoms with Gasteiger partial charge in [-0.2, -0.15) is 0 Å². The Morgan fingerprint density at radius 3 is 2.60 bits per heavy atom. The molecule has 1 aliphatic heterocycles. The highest BCUT2D eigenvalue weighted by Gasteiger charge is 2.12. The van der Waals surface area contributed by atoms with Gasteiger partial charge in [0.25, 0.3) is 0 Å². The van der Waals surface area contributed by atoms with Crippen LogP contribution in [0.5, 0.6) is 11.5 Å². The lowest BCUT2D eigenvalue weighted by Gasteiger charge is -2.09. The van der Waals surface area contributed by atoms with Crippen LogP contribution in [0, 0.1) is 5.82 Å². The first-order valence-electron chi connectivity index (χ1n) is 6.24. The fraction of sp³-hybridized carbons (Fsp3) is 0.133. The van der Waals surface area contributed by atoms with E-state index in [1.807, 2.05) is 0 Å². The summed E-state index contributed by atoms with van der Waals surface area (Å²) < 4.78 is 19.5. The van der Waals surface area contributed by atoms with E-state index in [9.17, 15) is 4.39 Å². The Kier molecular flexibility index (Phi) is 3.56. The summed E-state index contributed by atoms with van der Waals surface area (Å²) >= 11 is 5.79. The second kappa shape index (κ2) is 5.51. The van der Waals surface area contributed by atoms with E-state index < -0.39 is 5.82 Å². The number of aliphatic imine (C=N–C) groups is 1. The number of ether oxygens (including phenoxy) is 1. The molecular formula is C15H12ClFN2O. The molecule has 0 saturated heterocycles. The first kappa shape index (κ1) is 12.9. The van der Waals surface area contributed by atoms with Crippen LogP contribution >= 0.6 is 11.6 Å². The first-order valence-corrected chi connectivity index (χ1v) is 6.62. The van der Waals surface area contributed by atoms with Crippen molar-refractivity contribution < 1.29 is 9.13 Å². The Morgan fingerprint density at radius 1 is 1.15 bits per heavy atom. The minimum absolute atomic E-state index is 0.176. The molecule has 0 atom stereocenters. The average molecular weight is 291 g/mol. The third-order valence-corrected chi connectivity index (χ3v) is 3.17. The molecule has 0 aromatic heterocycles. The Balaban J connectivity index is 1.82. The van der Waals surface area contributed by atoms with Gasteiger partial charge in [-0.05, 0) is 42.5 Å². The van der Waals surface area contributed by atoms with E-state index >= 15 is 0 Å². The summed E-state index contributed by atoms with van der Waals surface area (Å²) in [4.78, 5) is 4.25. The summed E-state index contributed by atoms with van der Waals surface area (Å²) in [5, 5.41) is 3.71. The summed E-state index contributed by atoms with van der Waals surface area (Å²) in [5.41, 5.74) is 0.725. The zero-order valence-corrected chi connectivity index (χ0v) is 11.3. The van der Waals surface area contributed by atoms with Gasteiger partial charge in [0.1, 0.15) is 11.6 Å². The van der Waals surface area contributed by atoms with Crippen molar-refractivity contribution in [2.45, 2.75) is 0 Å². The van der Waals surface area contributed by atoms with Gasteiger partial charge in [-0.1, -0.05) is 11.6 Å². The fourth-order valence-electron chi connectivity index (χ4n) is 1.95. The molecular weight excluding hydrogens is 279 g/mol. The van der Waals surface area contributed by atoms with Crippen LogP contribution in [-0.2, 0) is 0 Å². The maximum absolute atomic E-state index is 14.0. The smallest absolute Gasteiger partial charge is 0.166 e. The molecule has 2 aromatic carbocycles.